The lowest BCUT2D eigenvalue weighted by Crippen LogP contribution is -2.36. The number of nitrogens with zero attached hydrogens (tertiary/aromatic N) is 1. The highest BCUT2D eigenvalue weighted by Crippen LogP contribution is 2.21. The lowest BCUT2D eigenvalue weighted by molar-refractivity contribution is -0.121. The number of hydrogen-bond donors (Lipinski definition) is 0. The molecule has 15 heavy (non-hydrogen) atoms. The van der Waals surface area contributed by atoms with Gasteiger partial charge in [0.1, 0.15) is 5.78 Å². The van der Waals surface area contributed by atoms with Crippen molar-refractivity contribution in [2.24, 2.45) is 5.92 Å². The first-order valence-corrected chi connectivity index (χ1v) is 5.85. The van der Waals surface area contributed by atoms with Crippen LogP contribution in [0.2, 0.25) is 0 Å². The van der Waals surface area contributed by atoms with Gasteiger partial charge in [0.15, 0.2) is 0 Å². The number of carbonyl (C=O) groups excluding carboxylic acids is 1. The van der Waals surface area contributed by atoms with Gasteiger partial charge in [-0.25, -0.2) is 0 Å². The van der Waals surface area contributed by atoms with E-state index in [2.05, 4.69) is 30.1 Å². The van der Waals surface area contributed by atoms with E-state index in [1.807, 2.05) is 0 Å². The van der Waals surface area contributed by atoms with E-state index >= 15 is 0 Å². The molecule has 0 radical (unpaired) electrons. The number of likely N-dealkylation sites (tertiary alicyclic amines) is 1. The molecular formula is C13H19NO. The molecule has 1 saturated heterocycles. The van der Waals surface area contributed by atoms with Crippen LogP contribution in [0.3, 0.4) is 0 Å². The number of rotatable bonds is 2. The molecular weight excluding hydrogens is 186 g/mol. The number of piperidine rings is 1. The Morgan fingerprint density at radius 2 is 2.13 bits per heavy atom. The van der Waals surface area contributed by atoms with E-state index in [-0.39, 0.29) is 0 Å². The van der Waals surface area contributed by atoms with E-state index in [1.165, 1.54) is 12.0 Å². The summed E-state index contributed by atoms with van der Waals surface area (Å²) in [5, 5.41) is 0. The molecule has 1 fully saturated rings. The molecule has 0 amide bonds. The van der Waals surface area contributed by atoms with Gasteiger partial charge < -0.3 is 0 Å². The van der Waals surface area contributed by atoms with Crippen molar-refractivity contribution in [2.45, 2.75) is 26.2 Å². The van der Waals surface area contributed by atoms with Crippen LogP contribution in [-0.2, 0) is 4.79 Å². The third kappa shape index (κ3) is 2.78. The van der Waals surface area contributed by atoms with Gasteiger partial charge in [-0.1, -0.05) is 30.7 Å². The van der Waals surface area contributed by atoms with Crippen LogP contribution < -0.4 is 0 Å². The van der Waals surface area contributed by atoms with Gasteiger partial charge in [-0.3, -0.25) is 9.69 Å². The van der Waals surface area contributed by atoms with Crippen molar-refractivity contribution in [3.8, 4) is 0 Å². The van der Waals surface area contributed by atoms with Crippen molar-refractivity contribution < 1.29 is 4.79 Å². The molecule has 2 nitrogen and oxygen atoms in total. The monoisotopic (exact) mass is 205 g/mol. The van der Waals surface area contributed by atoms with Gasteiger partial charge >= 0.3 is 0 Å². The minimum Gasteiger partial charge on any atom is -0.300 e. The van der Waals surface area contributed by atoms with Gasteiger partial charge in [0.05, 0.1) is 0 Å². The van der Waals surface area contributed by atoms with Crippen LogP contribution in [-0.4, -0.2) is 30.3 Å². The topological polar surface area (TPSA) is 20.3 Å². The fourth-order valence-electron chi connectivity index (χ4n) is 2.22. The first kappa shape index (κ1) is 10.6. The molecule has 1 aliphatic heterocycles. The number of allylic oxidation sites excluding steroid dienone is 3. The standard InChI is InChI=1S/C13H19NO/c1-11-4-2-3-5-12(11)10-14-8-6-13(15)7-9-14/h2-3,5,11H,4,6-10H2,1H3. The Morgan fingerprint density at radius 3 is 2.80 bits per heavy atom. The van der Waals surface area contributed by atoms with Crippen molar-refractivity contribution in [1.82, 2.24) is 4.90 Å². The molecule has 0 aromatic rings. The van der Waals surface area contributed by atoms with Gasteiger partial charge in [0.2, 0.25) is 0 Å². The molecule has 1 aliphatic carbocycles. The van der Waals surface area contributed by atoms with Crippen molar-refractivity contribution >= 4 is 5.78 Å². The summed E-state index contributed by atoms with van der Waals surface area (Å²) in [7, 11) is 0. The maximum atomic E-state index is 11.1. The van der Waals surface area contributed by atoms with Crippen molar-refractivity contribution in [3.05, 3.63) is 23.8 Å². The van der Waals surface area contributed by atoms with Crippen LogP contribution in [0, 0.1) is 5.92 Å². The average molecular weight is 205 g/mol. The van der Waals surface area contributed by atoms with Crippen LogP contribution in [0.4, 0.5) is 0 Å². The highest BCUT2D eigenvalue weighted by molar-refractivity contribution is 5.79. The minimum atomic E-state index is 0.428. The molecule has 0 N–H and O–H groups in total. The highest BCUT2D eigenvalue weighted by atomic mass is 16.1. The van der Waals surface area contributed by atoms with E-state index in [4.69, 9.17) is 0 Å². The third-order valence-electron chi connectivity index (χ3n) is 3.39. The first-order valence-electron chi connectivity index (χ1n) is 5.85. The summed E-state index contributed by atoms with van der Waals surface area (Å²) < 4.78 is 0. The Labute approximate surface area is 91.6 Å². The molecule has 0 aromatic carbocycles. The van der Waals surface area contributed by atoms with Crippen LogP contribution >= 0.6 is 0 Å². The first-order chi connectivity index (χ1) is 7.25. The Kier molecular flexibility index (Phi) is 3.37. The number of ketones is 1. The summed E-state index contributed by atoms with van der Waals surface area (Å²) >= 11 is 0. The van der Waals surface area contributed by atoms with Crippen molar-refractivity contribution in [1.29, 1.82) is 0 Å². The predicted octanol–water partition coefficient (Wildman–Crippen LogP) is 2.17. The Hall–Kier alpha value is -0.890. The number of hydrogen-bond acceptors (Lipinski definition) is 2. The summed E-state index contributed by atoms with van der Waals surface area (Å²) in [6.45, 7) is 5.24. The fraction of sp³-hybridized carbons (Fsp3) is 0.615. The summed E-state index contributed by atoms with van der Waals surface area (Å²) in [5.41, 5.74) is 1.52. The summed E-state index contributed by atoms with van der Waals surface area (Å²) in [6.07, 6.45) is 9.29. The van der Waals surface area contributed by atoms with E-state index in [0.29, 0.717) is 11.7 Å². The van der Waals surface area contributed by atoms with E-state index in [9.17, 15) is 4.79 Å². The highest BCUT2D eigenvalue weighted by Gasteiger charge is 2.19. The predicted molar refractivity (Wildman–Crippen MR) is 61.7 cm³/mol. The molecule has 1 unspecified atom stereocenters. The number of carbonyl (C=O) groups is 1. The van der Waals surface area contributed by atoms with Gasteiger partial charge in [0.25, 0.3) is 0 Å². The van der Waals surface area contributed by atoms with E-state index < -0.39 is 0 Å². The third-order valence-corrected chi connectivity index (χ3v) is 3.39. The quantitative estimate of drug-likeness (QED) is 0.688. The van der Waals surface area contributed by atoms with Gasteiger partial charge in [-0.05, 0) is 12.3 Å². The van der Waals surface area contributed by atoms with E-state index in [0.717, 1.165) is 32.5 Å². The summed E-state index contributed by atoms with van der Waals surface area (Å²) in [6, 6.07) is 0. The molecule has 0 spiro atoms. The normalized spacial score (nSPS) is 27.9. The summed E-state index contributed by atoms with van der Waals surface area (Å²) in [5.74, 6) is 1.10. The Morgan fingerprint density at radius 1 is 1.40 bits per heavy atom. The van der Waals surface area contributed by atoms with Gasteiger partial charge in [0, 0.05) is 32.5 Å². The molecule has 0 saturated carbocycles. The molecule has 0 aromatic heterocycles. The second kappa shape index (κ2) is 4.75. The fourth-order valence-corrected chi connectivity index (χ4v) is 2.22. The number of Topliss-reactive ketones (excluding diaryl/α,β-unsaturated/α-hetero) is 1. The SMILES string of the molecule is CC1CC=CC=C1CN1CCC(=O)CC1. The second-order valence-electron chi connectivity index (χ2n) is 4.62. The Balaban J connectivity index is 1.88. The van der Waals surface area contributed by atoms with Crippen LogP contribution in [0.25, 0.3) is 0 Å². The molecule has 2 aliphatic rings. The largest absolute Gasteiger partial charge is 0.300 e. The van der Waals surface area contributed by atoms with Gasteiger partial charge in [-0.15, -0.1) is 0 Å². The molecule has 0 bridgehead atoms. The smallest absolute Gasteiger partial charge is 0.135 e. The molecule has 2 rings (SSSR count). The van der Waals surface area contributed by atoms with Crippen LogP contribution in [0.15, 0.2) is 23.8 Å². The summed E-state index contributed by atoms with van der Waals surface area (Å²) in [4.78, 5) is 13.5. The maximum absolute atomic E-state index is 11.1. The maximum Gasteiger partial charge on any atom is 0.135 e. The van der Waals surface area contributed by atoms with Crippen LogP contribution in [0.1, 0.15) is 26.2 Å². The zero-order valence-corrected chi connectivity index (χ0v) is 9.41. The van der Waals surface area contributed by atoms with Gasteiger partial charge in [-0.2, -0.15) is 0 Å². The lowest BCUT2D eigenvalue weighted by Gasteiger charge is -2.29. The average Bonchev–Trinajstić information content (AvgIpc) is 2.25. The molecule has 1 heterocycles. The molecule has 2 heteroatoms. The van der Waals surface area contributed by atoms with Crippen molar-refractivity contribution in [2.75, 3.05) is 19.6 Å². The second-order valence-corrected chi connectivity index (χ2v) is 4.62. The van der Waals surface area contributed by atoms with Crippen LogP contribution in [0.5, 0.6) is 0 Å². The zero-order chi connectivity index (χ0) is 10.7. The van der Waals surface area contributed by atoms with Crippen molar-refractivity contribution in [3.63, 3.8) is 0 Å². The van der Waals surface area contributed by atoms with E-state index in [1.54, 1.807) is 0 Å². The minimum absolute atomic E-state index is 0.428. The molecule has 82 valence electrons. The Bertz CT molecular complexity index is 294. The molecule has 1 atom stereocenters. The zero-order valence-electron chi connectivity index (χ0n) is 9.41. The lowest BCUT2D eigenvalue weighted by atomic mass is 9.92.